The lowest BCUT2D eigenvalue weighted by atomic mass is 10.1. The smallest absolute Gasteiger partial charge is 0.159 e. The second kappa shape index (κ2) is 6.86. The standard InChI is InChI=1S/C20H23NO2/c1-3-18-14-21(12-11-16-7-5-4-6-8-16)19-13-17(15(2)22)9-10-20(19)23-18/h4-10,13,18H,3,11-12,14H2,1-2H3. The van der Waals surface area contributed by atoms with E-state index in [1.54, 1.807) is 6.92 Å². The zero-order valence-electron chi connectivity index (χ0n) is 13.8. The highest BCUT2D eigenvalue weighted by Gasteiger charge is 2.25. The number of rotatable bonds is 5. The van der Waals surface area contributed by atoms with Gasteiger partial charge in [-0.25, -0.2) is 0 Å². The Morgan fingerprint density at radius 2 is 2.00 bits per heavy atom. The van der Waals surface area contributed by atoms with Crippen LogP contribution in [0.5, 0.6) is 5.75 Å². The summed E-state index contributed by atoms with van der Waals surface area (Å²) >= 11 is 0. The lowest BCUT2D eigenvalue weighted by Crippen LogP contribution is -2.40. The number of fused-ring (bicyclic) bond motifs is 1. The van der Waals surface area contributed by atoms with E-state index in [0.29, 0.717) is 0 Å². The third-order valence-corrected chi connectivity index (χ3v) is 4.39. The molecule has 2 aromatic rings. The summed E-state index contributed by atoms with van der Waals surface area (Å²) in [5.74, 6) is 0.981. The van der Waals surface area contributed by atoms with Gasteiger partial charge in [0.1, 0.15) is 11.9 Å². The van der Waals surface area contributed by atoms with Crippen LogP contribution < -0.4 is 9.64 Å². The molecule has 0 spiro atoms. The predicted octanol–water partition coefficient (Wildman–Crippen LogP) is 4.11. The van der Waals surface area contributed by atoms with E-state index in [4.69, 9.17) is 4.74 Å². The van der Waals surface area contributed by atoms with Gasteiger partial charge in [0.25, 0.3) is 0 Å². The number of ether oxygens (including phenoxy) is 1. The van der Waals surface area contributed by atoms with Gasteiger partial charge in [-0.05, 0) is 43.5 Å². The molecule has 2 aromatic carbocycles. The van der Waals surface area contributed by atoms with E-state index in [-0.39, 0.29) is 11.9 Å². The lowest BCUT2D eigenvalue weighted by Gasteiger charge is -2.36. The van der Waals surface area contributed by atoms with Crippen LogP contribution in [0, 0.1) is 0 Å². The van der Waals surface area contributed by atoms with Crippen molar-refractivity contribution in [2.24, 2.45) is 0 Å². The van der Waals surface area contributed by atoms with Gasteiger partial charge in [-0.1, -0.05) is 37.3 Å². The van der Waals surface area contributed by atoms with Crippen LogP contribution in [0.15, 0.2) is 48.5 Å². The normalized spacial score (nSPS) is 16.6. The highest BCUT2D eigenvalue weighted by molar-refractivity contribution is 5.95. The van der Waals surface area contributed by atoms with Crippen molar-refractivity contribution in [1.29, 1.82) is 0 Å². The molecule has 1 aliphatic rings. The minimum Gasteiger partial charge on any atom is -0.486 e. The van der Waals surface area contributed by atoms with Gasteiger partial charge in [-0.15, -0.1) is 0 Å². The van der Waals surface area contributed by atoms with Crippen molar-refractivity contribution < 1.29 is 9.53 Å². The summed E-state index contributed by atoms with van der Waals surface area (Å²) in [6.07, 6.45) is 2.18. The number of nitrogens with zero attached hydrogens (tertiary/aromatic N) is 1. The Labute approximate surface area is 137 Å². The van der Waals surface area contributed by atoms with Gasteiger partial charge in [0.2, 0.25) is 0 Å². The van der Waals surface area contributed by atoms with Gasteiger partial charge < -0.3 is 9.64 Å². The second-order valence-electron chi connectivity index (χ2n) is 6.07. The van der Waals surface area contributed by atoms with Crippen molar-refractivity contribution in [1.82, 2.24) is 0 Å². The van der Waals surface area contributed by atoms with Crippen LogP contribution in [0.3, 0.4) is 0 Å². The fourth-order valence-corrected chi connectivity index (χ4v) is 2.98. The fraction of sp³-hybridized carbons (Fsp3) is 0.350. The van der Waals surface area contributed by atoms with E-state index >= 15 is 0 Å². The average Bonchev–Trinajstić information content (AvgIpc) is 2.59. The van der Waals surface area contributed by atoms with Crippen molar-refractivity contribution in [3.63, 3.8) is 0 Å². The maximum absolute atomic E-state index is 11.7. The van der Waals surface area contributed by atoms with Crippen LogP contribution in [0.2, 0.25) is 0 Å². The number of anilines is 1. The molecule has 0 amide bonds. The van der Waals surface area contributed by atoms with Gasteiger partial charge in [0, 0.05) is 12.1 Å². The summed E-state index contributed by atoms with van der Waals surface area (Å²) in [7, 11) is 0. The number of hydrogen-bond acceptors (Lipinski definition) is 3. The van der Waals surface area contributed by atoms with E-state index in [9.17, 15) is 4.79 Å². The summed E-state index contributed by atoms with van der Waals surface area (Å²) in [5.41, 5.74) is 3.11. The van der Waals surface area contributed by atoms with Crippen molar-refractivity contribution >= 4 is 11.5 Å². The van der Waals surface area contributed by atoms with E-state index in [1.165, 1.54) is 5.56 Å². The average molecular weight is 309 g/mol. The zero-order chi connectivity index (χ0) is 16.2. The van der Waals surface area contributed by atoms with Crippen molar-refractivity contribution in [2.75, 3.05) is 18.0 Å². The predicted molar refractivity (Wildman–Crippen MR) is 93.5 cm³/mol. The number of ketones is 1. The van der Waals surface area contributed by atoms with Crippen molar-refractivity contribution in [3.8, 4) is 5.75 Å². The second-order valence-corrected chi connectivity index (χ2v) is 6.07. The van der Waals surface area contributed by atoms with Gasteiger partial charge >= 0.3 is 0 Å². The summed E-state index contributed by atoms with van der Waals surface area (Å²) in [4.78, 5) is 14.0. The Morgan fingerprint density at radius 1 is 1.22 bits per heavy atom. The van der Waals surface area contributed by atoms with E-state index in [2.05, 4.69) is 36.1 Å². The van der Waals surface area contributed by atoms with Gasteiger partial charge in [-0.3, -0.25) is 4.79 Å². The van der Waals surface area contributed by atoms with Gasteiger partial charge in [-0.2, -0.15) is 0 Å². The fourth-order valence-electron chi connectivity index (χ4n) is 2.98. The van der Waals surface area contributed by atoms with Crippen LogP contribution in [0.1, 0.15) is 36.2 Å². The van der Waals surface area contributed by atoms with Crippen LogP contribution in [0.4, 0.5) is 5.69 Å². The molecular formula is C20H23NO2. The summed E-state index contributed by atoms with van der Waals surface area (Å²) in [5, 5.41) is 0. The first kappa shape index (κ1) is 15.6. The Morgan fingerprint density at radius 3 is 2.70 bits per heavy atom. The highest BCUT2D eigenvalue weighted by atomic mass is 16.5. The number of carbonyl (C=O) groups excluding carboxylic acids is 1. The molecule has 1 atom stereocenters. The number of benzene rings is 2. The number of carbonyl (C=O) groups is 1. The topological polar surface area (TPSA) is 29.5 Å². The van der Waals surface area contributed by atoms with E-state index in [0.717, 1.165) is 42.9 Å². The maximum atomic E-state index is 11.7. The van der Waals surface area contributed by atoms with Crippen molar-refractivity contribution in [2.45, 2.75) is 32.8 Å². The first-order valence-electron chi connectivity index (χ1n) is 8.28. The highest BCUT2D eigenvalue weighted by Crippen LogP contribution is 2.35. The molecule has 1 aliphatic heterocycles. The molecule has 0 N–H and O–H groups in total. The molecule has 0 saturated heterocycles. The van der Waals surface area contributed by atoms with Crippen LogP contribution in [-0.4, -0.2) is 25.0 Å². The molecule has 120 valence electrons. The first-order valence-corrected chi connectivity index (χ1v) is 8.28. The number of hydrogen-bond donors (Lipinski definition) is 0. The Balaban J connectivity index is 1.84. The van der Waals surface area contributed by atoms with Crippen molar-refractivity contribution in [3.05, 3.63) is 59.7 Å². The van der Waals surface area contributed by atoms with E-state index < -0.39 is 0 Å². The van der Waals surface area contributed by atoms with Crippen LogP contribution >= 0.6 is 0 Å². The zero-order valence-corrected chi connectivity index (χ0v) is 13.8. The largest absolute Gasteiger partial charge is 0.486 e. The molecule has 0 bridgehead atoms. The van der Waals surface area contributed by atoms with Crippen LogP contribution in [0.25, 0.3) is 0 Å². The summed E-state index contributed by atoms with van der Waals surface area (Å²) in [6.45, 7) is 5.56. The Kier molecular flexibility index (Phi) is 4.65. The lowest BCUT2D eigenvalue weighted by molar-refractivity contribution is 0.101. The molecule has 23 heavy (non-hydrogen) atoms. The maximum Gasteiger partial charge on any atom is 0.159 e. The molecule has 0 fully saturated rings. The van der Waals surface area contributed by atoms with Gasteiger partial charge in [0.05, 0.1) is 12.2 Å². The molecule has 0 saturated carbocycles. The third kappa shape index (κ3) is 3.55. The first-order chi connectivity index (χ1) is 11.2. The summed E-state index contributed by atoms with van der Waals surface area (Å²) < 4.78 is 6.05. The molecule has 1 unspecified atom stereocenters. The molecule has 3 rings (SSSR count). The molecule has 0 aliphatic carbocycles. The number of Topliss-reactive ketones (excluding diaryl/α,β-unsaturated/α-hetero) is 1. The van der Waals surface area contributed by atoms with Gasteiger partial charge in [0.15, 0.2) is 5.78 Å². The van der Waals surface area contributed by atoms with Crippen LogP contribution in [-0.2, 0) is 6.42 Å². The Hall–Kier alpha value is -2.29. The molecule has 1 heterocycles. The molecule has 3 heteroatoms. The molecule has 0 radical (unpaired) electrons. The molecular weight excluding hydrogens is 286 g/mol. The SMILES string of the molecule is CCC1CN(CCc2ccccc2)c2cc(C(C)=O)ccc2O1. The molecule has 3 nitrogen and oxygen atoms in total. The molecule has 0 aromatic heterocycles. The quantitative estimate of drug-likeness (QED) is 0.779. The third-order valence-electron chi connectivity index (χ3n) is 4.39. The minimum atomic E-state index is 0.0911. The Bertz CT molecular complexity index is 681. The van der Waals surface area contributed by atoms with E-state index in [1.807, 2.05) is 24.3 Å². The minimum absolute atomic E-state index is 0.0911. The summed E-state index contributed by atoms with van der Waals surface area (Å²) in [6, 6.07) is 16.3. The monoisotopic (exact) mass is 309 g/mol.